The number of carbonyl (C=O) groups excluding carboxylic acids is 1. The zero-order valence-electron chi connectivity index (χ0n) is 13.4. The second-order valence-electron chi connectivity index (χ2n) is 6.20. The van der Waals surface area contributed by atoms with Crippen molar-refractivity contribution < 1.29 is 14.3 Å². The van der Waals surface area contributed by atoms with Gasteiger partial charge in [-0.1, -0.05) is 36.4 Å². The molecule has 1 amide bonds. The van der Waals surface area contributed by atoms with Gasteiger partial charge < -0.3 is 14.8 Å². The van der Waals surface area contributed by atoms with Gasteiger partial charge in [-0.25, -0.2) is 0 Å². The molecule has 0 saturated carbocycles. The fraction of sp³-hybridized carbons (Fsp3) is 0.0952. The second kappa shape index (κ2) is 5.38. The van der Waals surface area contributed by atoms with Crippen LogP contribution in [0.3, 0.4) is 0 Å². The Morgan fingerprint density at radius 1 is 0.880 bits per heavy atom. The summed E-state index contributed by atoms with van der Waals surface area (Å²) in [5.74, 6) is 0.920. The largest absolute Gasteiger partial charge is 0.454 e. The number of hydrogen-bond acceptors (Lipinski definition) is 3. The van der Waals surface area contributed by atoms with Crippen LogP contribution in [0.15, 0.2) is 60.7 Å². The van der Waals surface area contributed by atoms with Gasteiger partial charge in [-0.05, 0) is 52.9 Å². The lowest BCUT2D eigenvalue weighted by molar-refractivity contribution is 0.102. The minimum absolute atomic E-state index is 0.150. The Bertz CT molecular complexity index is 1010. The summed E-state index contributed by atoms with van der Waals surface area (Å²) in [6.07, 6.45) is 0.896. The van der Waals surface area contributed by atoms with E-state index in [4.69, 9.17) is 9.47 Å². The molecule has 0 radical (unpaired) electrons. The van der Waals surface area contributed by atoms with Crippen molar-refractivity contribution >= 4 is 11.6 Å². The Hall–Kier alpha value is -3.27. The monoisotopic (exact) mass is 329 g/mol. The number of anilines is 1. The van der Waals surface area contributed by atoms with Crippen LogP contribution in [0, 0.1) is 0 Å². The third-order valence-electron chi connectivity index (χ3n) is 4.69. The van der Waals surface area contributed by atoms with Crippen molar-refractivity contribution in [2.24, 2.45) is 0 Å². The van der Waals surface area contributed by atoms with Crippen LogP contribution in [-0.4, -0.2) is 12.7 Å². The van der Waals surface area contributed by atoms with Gasteiger partial charge >= 0.3 is 0 Å². The van der Waals surface area contributed by atoms with Crippen molar-refractivity contribution in [3.05, 3.63) is 77.4 Å². The second-order valence-corrected chi connectivity index (χ2v) is 6.20. The maximum atomic E-state index is 12.6. The maximum Gasteiger partial charge on any atom is 0.259 e. The van der Waals surface area contributed by atoms with Crippen LogP contribution in [0.1, 0.15) is 21.5 Å². The van der Waals surface area contributed by atoms with Crippen LogP contribution in [0.5, 0.6) is 11.5 Å². The van der Waals surface area contributed by atoms with Crippen molar-refractivity contribution in [3.8, 4) is 22.6 Å². The minimum Gasteiger partial charge on any atom is -0.454 e. The molecular formula is C21H15NO3. The number of nitrogens with one attached hydrogen (secondary N) is 1. The molecule has 0 aromatic heterocycles. The van der Waals surface area contributed by atoms with Crippen molar-refractivity contribution in [3.63, 3.8) is 0 Å². The van der Waals surface area contributed by atoms with Gasteiger partial charge in [0.25, 0.3) is 5.91 Å². The van der Waals surface area contributed by atoms with Crippen LogP contribution < -0.4 is 14.8 Å². The van der Waals surface area contributed by atoms with Crippen molar-refractivity contribution in [1.82, 2.24) is 0 Å². The molecule has 4 heteroatoms. The van der Waals surface area contributed by atoms with E-state index in [2.05, 4.69) is 35.6 Å². The molecule has 1 aliphatic heterocycles. The molecule has 1 N–H and O–H groups in total. The van der Waals surface area contributed by atoms with E-state index in [-0.39, 0.29) is 12.7 Å². The van der Waals surface area contributed by atoms with E-state index in [9.17, 15) is 4.79 Å². The van der Waals surface area contributed by atoms with Crippen molar-refractivity contribution in [1.29, 1.82) is 0 Å². The van der Waals surface area contributed by atoms with Gasteiger partial charge in [0.15, 0.2) is 11.5 Å². The number of fused-ring (bicyclic) bond motifs is 4. The third kappa shape index (κ3) is 2.26. The van der Waals surface area contributed by atoms with Crippen LogP contribution >= 0.6 is 0 Å². The summed E-state index contributed by atoms with van der Waals surface area (Å²) < 4.78 is 10.8. The summed E-state index contributed by atoms with van der Waals surface area (Å²) in [5, 5.41) is 2.97. The van der Waals surface area contributed by atoms with Crippen LogP contribution in [0.4, 0.5) is 5.69 Å². The number of rotatable bonds is 2. The molecule has 0 spiro atoms. The topological polar surface area (TPSA) is 47.6 Å². The molecule has 3 aromatic rings. The summed E-state index contributed by atoms with van der Waals surface area (Å²) in [5.41, 5.74) is 6.35. The SMILES string of the molecule is O=C(Nc1ccc2c(c1)Cc1ccccc1-2)c1cccc2c1OCO2. The highest BCUT2D eigenvalue weighted by atomic mass is 16.7. The summed E-state index contributed by atoms with van der Waals surface area (Å²) in [4.78, 5) is 12.6. The molecule has 3 aromatic carbocycles. The van der Waals surface area contributed by atoms with E-state index in [1.807, 2.05) is 12.1 Å². The molecule has 1 heterocycles. The average molecular weight is 329 g/mol. The number of ether oxygens (including phenoxy) is 2. The number of amides is 1. The Morgan fingerprint density at radius 2 is 1.76 bits per heavy atom. The van der Waals surface area contributed by atoms with Gasteiger partial charge in [-0.3, -0.25) is 4.79 Å². The van der Waals surface area contributed by atoms with E-state index in [1.54, 1.807) is 18.2 Å². The van der Waals surface area contributed by atoms with E-state index in [0.717, 1.165) is 12.1 Å². The highest BCUT2D eigenvalue weighted by Gasteiger charge is 2.23. The first-order valence-corrected chi connectivity index (χ1v) is 8.21. The first kappa shape index (κ1) is 14.1. The Kier molecular flexibility index (Phi) is 3.04. The molecular weight excluding hydrogens is 314 g/mol. The molecule has 5 rings (SSSR count). The molecule has 0 bridgehead atoms. The summed E-state index contributed by atoms with van der Waals surface area (Å²) in [7, 11) is 0. The first-order valence-electron chi connectivity index (χ1n) is 8.21. The molecule has 2 aliphatic rings. The molecule has 1 aliphatic carbocycles. The summed E-state index contributed by atoms with van der Waals surface area (Å²) in [6.45, 7) is 0.150. The predicted octanol–water partition coefficient (Wildman–Crippen LogP) is 4.24. The highest BCUT2D eigenvalue weighted by molar-refractivity contribution is 6.07. The molecule has 122 valence electrons. The van der Waals surface area contributed by atoms with Gasteiger partial charge in [0, 0.05) is 5.69 Å². The fourth-order valence-corrected chi connectivity index (χ4v) is 3.53. The lowest BCUT2D eigenvalue weighted by Gasteiger charge is -2.09. The van der Waals surface area contributed by atoms with Crippen LogP contribution in [0.25, 0.3) is 11.1 Å². The molecule has 0 unspecified atom stereocenters. The van der Waals surface area contributed by atoms with Gasteiger partial charge in [0.1, 0.15) is 0 Å². The van der Waals surface area contributed by atoms with Crippen molar-refractivity contribution in [2.45, 2.75) is 6.42 Å². The predicted molar refractivity (Wildman–Crippen MR) is 95.2 cm³/mol. The zero-order valence-corrected chi connectivity index (χ0v) is 13.4. The van der Waals surface area contributed by atoms with E-state index in [0.29, 0.717) is 17.1 Å². The minimum atomic E-state index is -0.196. The number of hydrogen-bond donors (Lipinski definition) is 1. The lowest BCUT2D eigenvalue weighted by Crippen LogP contribution is -2.12. The van der Waals surface area contributed by atoms with Crippen LogP contribution in [-0.2, 0) is 6.42 Å². The van der Waals surface area contributed by atoms with Crippen LogP contribution in [0.2, 0.25) is 0 Å². The number of benzene rings is 3. The Balaban J connectivity index is 1.44. The zero-order chi connectivity index (χ0) is 16.8. The van der Waals surface area contributed by atoms with Gasteiger partial charge in [0.2, 0.25) is 6.79 Å². The summed E-state index contributed by atoms with van der Waals surface area (Å²) in [6, 6.07) is 19.8. The van der Waals surface area contributed by atoms with Gasteiger partial charge in [0.05, 0.1) is 5.56 Å². The van der Waals surface area contributed by atoms with Gasteiger partial charge in [-0.2, -0.15) is 0 Å². The smallest absolute Gasteiger partial charge is 0.259 e. The van der Waals surface area contributed by atoms with Gasteiger partial charge in [-0.15, -0.1) is 0 Å². The fourth-order valence-electron chi connectivity index (χ4n) is 3.53. The average Bonchev–Trinajstić information content (AvgIpc) is 3.25. The first-order chi connectivity index (χ1) is 12.3. The van der Waals surface area contributed by atoms with E-state index < -0.39 is 0 Å². The van der Waals surface area contributed by atoms with E-state index >= 15 is 0 Å². The number of para-hydroxylation sites is 1. The standard InChI is InChI=1S/C21H15NO3/c23-21(18-6-3-7-19-20(18)25-12-24-19)22-15-8-9-17-14(11-15)10-13-4-1-2-5-16(13)17/h1-9,11H,10,12H2,(H,22,23). The summed E-state index contributed by atoms with van der Waals surface area (Å²) >= 11 is 0. The Labute approximate surface area is 145 Å². The molecule has 0 atom stereocenters. The highest BCUT2D eigenvalue weighted by Crippen LogP contribution is 2.38. The lowest BCUT2D eigenvalue weighted by atomic mass is 10.1. The van der Waals surface area contributed by atoms with Crippen molar-refractivity contribution in [2.75, 3.05) is 12.1 Å². The quantitative estimate of drug-likeness (QED) is 0.598. The molecule has 25 heavy (non-hydrogen) atoms. The maximum absolute atomic E-state index is 12.6. The normalized spacial score (nSPS) is 13.3. The third-order valence-corrected chi connectivity index (χ3v) is 4.69. The molecule has 0 fully saturated rings. The number of carbonyl (C=O) groups is 1. The Morgan fingerprint density at radius 3 is 2.72 bits per heavy atom. The van der Waals surface area contributed by atoms with E-state index in [1.165, 1.54) is 22.3 Å². The molecule has 0 saturated heterocycles. The molecule has 4 nitrogen and oxygen atoms in total.